The summed E-state index contributed by atoms with van der Waals surface area (Å²) in [4.78, 5) is 10.7. The number of aliphatic hydroxyl groups is 1. The highest BCUT2D eigenvalue weighted by atomic mass is 16.3. The summed E-state index contributed by atoms with van der Waals surface area (Å²) in [6.07, 6.45) is 1.54. The molecule has 0 aromatic heterocycles. The summed E-state index contributed by atoms with van der Waals surface area (Å²) in [6.45, 7) is 5.90. The van der Waals surface area contributed by atoms with Crippen LogP contribution in [0.4, 0.5) is 0 Å². The lowest BCUT2D eigenvalue weighted by Crippen LogP contribution is -2.20. The molecule has 0 unspecified atom stereocenters. The van der Waals surface area contributed by atoms with Gasteiger partial charge in [-0.1, -0.05) is 45.0 Å². The van der Waals surface area contributed by atoms with E-state index in [1.165, 1.54) is 5.56 Å². The number of aliphatic hydroxyl groups excluding tert-OH is 1. The molecule has 0 heterocycles. The van der Waals surface area contributed by atoms with Crippen molar-refractivity contribution in [3.8, 4) is 0 Å². The highest BCUT2D eigenvalue weighted by Gasteiger charge is 2.12. The normalized spacial score (nSPS) is 11.8. The Labute approximate surface area is 101 Å². The number of amides is 1. The zero-order valence-electron chi connectivity index (χ0n) is 10.4. The summed E-state index contributed by atoms with van der Waals surface area (Å²) in [5, 5.41) is 12.2. The predicted octanol–water partition coefficient (Wildman–Crippen LogP) is 1.43. The Hall–Kier alpha value is -1.68. The van der Waals surface area contributed by atoms with Crippen molar-refractivity contribution in [3.05, 3.63) is 35.4 Å². The minimum Gasteiger partial charge on any atom is -0.386 e. The maximum atomic E-state index is 10.7. The van der Waals surface area contributed by atoms with E-state index in [1.807, 2.05) is 24.3 Å². The van der Waals surface area contributed by atoms with E-state index in [2.05, 4.69) is 31.3 Å². The summed E-state index contributed by atoms with van der Waals surface area (Å²) in [5.41, 5.74) is 4.48. The van der Waals surface area contributed by atoms with E-state index in [4.69, 9.17) is 5.11 Å². The van der Waals surface area contributed by atoms with Crippen molar-refractivity contribution in [1.82, 2.24) is 5.43 Å². The van der Waals surface area contributed by atoms with Crippen molar-refractivity contribution < 1.29 is 9.90 Å². The van der Waals surface area contributed by atoms with E-state index in [9.17, 15) is 4.79 Å². The molecule has 4 heteroatoms. The van der Waals surface area contributed by atoms with Gasteiger partial charge in [0.1, 0.15) is 6.61 Å². The second kappa shape index (κ2) is 5.59. The van der Waals surface area contributed by atoms with Gasteiger partial charge in [-0.15, -0.1) is 0 Å². The second-order valence-electron chi connectivity index (χ2n) is 4.82. The van der Waals surface area contributed by atoms with Crippen molar-refractivity contribution >= 4 is 12.1 Å². The largest absolute Gasteiger partial charge is 0.386 e. The molecule has 0 spiro atoms. The summed E-state index contributed by atoms with van der Waals surface area (Å²) in [7, 11) is 0. The summed E-state index contributed by atoms with van der Waals surface area (Å²) < 4.78 is 0. The first-order chi connectivity index (χ1) is 7.93. The first kappa shape index (κ1) is 13.4. The molecule has 1 aromatic rings. The van der Waals surface area contributed by atoms with Crippen molar-refractivity contribution in [2.45, 2.75) is 26.2 Å². The third-order valence-electron chi connectivity index (χ3n) is 2.32. The number of benzene rings is 1. The van der Waals surface area contributed by atoms with Crippen molar-refractivity contribution in [2.75, 3.05) is 6.61 Å². The molecular weight excluding hydrogens is 216 g/mol. The zero-order chi connectivity index (χ0) is 12.9. The minimum atomic E-state index is -0.555. The molecular formula is C13H18N2O2. The van der Waals surface area contributed by atoms with Crippen LogP contribution in [0.25, 0.3) is 0 Å². The molecule has 0 saturated heterocycles. The van der Waals surface area contributed by atoms with Crippen LogP contribution in [0.5, 0.6) is 0 Å². The first-order valence-corrected chi connectivity index (χ1v) is 5.47. The molecule has 17 heavy (non-hydrogen) atoms. The number of carbonyl (C=O) groups excluding carboxylic acids is 1. The Balaban J connectivity index is 2.66. The highest BCUT2D eigenvalue weighted by Crippen LogP contribution is 2.21. The second-order valence-corrected chi connectivity index (χ2v) is 4.82. The quantitative estimate of drug-likeness (QED) is 0.614. The van der Waals surface area contributed by atoms with E-state index >= 15 is 0 Å². The van der Waals surface area contributed by atoms with Gasteiger partial charge >= 0.3 is 0 Å². The number of hydrogen-bond donors (Lipinski definition) is 2. The van der Waals surface area contributed by atoms with Crippen LogP contribution in [0.3, 0.4) is 0 Å². The van der Waals surface area contributed by atoms with Gasteiger partial charge in [0, 0.05) is 0 Å². The Bertz CT molecular complexity index is 402. The van der Waals surface area contributed by atoms with Crippen LogP contribution in [-0.4, -0.2) is 23.8 Å². The zero-order valence-corrected chi connectivity index (χ0v) is 10.4. The molecule has 0 atom stereocenters. The van der Waals surface area contributed by atoms with Crippen molar-refractivity contribution in [3.63, 3.8) is 0 Å². The van der Waals surface area contributed by atoms with Crippen LogP contribution in [-0.2, 0) is 10.2 Å². The van der Waals surface area contributed by atoms with Crippen LogP contribution >= 0.6 is 0 Å². The molecule has 0 aliphatic carbocycles. The average molecular weight is 234 g/mol. The van der Waals surface area contributed by atoms with Gasteiger partial charge in [0.25, 0.3) is 5.91 Å². The van der Waals surface area contributed by atoms with E-state index in [0.717, 1.165) is 5.56 Å². The molecule has 0 aliphatic heterocycles. The summed E-state index contributed by atoms with van der Waals surface area (Å²) >= 11 is 0. The fourth-order valence-electron chi connectivity index (χ4n) is 1.28. The fraction of sp³-hybridized carbons (Fsp3) is 0.385. The molecule has 2 N–H and O–H groups in total. The number of nitrogens with zero attached hydrogens (tertiary/aromatic N) is 1. The number of hydrazone groups is 1. The van der Waals surface area contributed by atoms with Gasteiger partial charge in [-0.3, -0.25) is 4.79 Å². The van der Waals surface area contributed by atoms with Crippen LogP contribution in [0.1, 0.15) is 31.9 Å². The van der Waals surface area contributed by atoms with Gasteiger partial charge < -0.3 is 5.11 Å². The first-order valence-electron chi connectivity index (χ1n) is 5.47. The van der Waals surface area contributed by atoms with Crippen LogP contribution < -0.4 is 5.43 Å². The lowest BCUT2D eigenvalue weighted by atomic mass is 9.87. The number of carbonyl (C=O) groups is 1. The van der Waals surface area contributed by atoms with Gasteiger partial charge in [0.05, 0.1) is 6.21 Å². The van der Waals surface area contributed by atoms with Gasteiger partial charge in [0.2, 0.25) is 0 Å². The third kappa shape index (κ3) is 4.36. The van der Waals surface area contributed by atoms with Gasteiger partial charge in [0.15, 0.2) is 0 Å². The molecule has 0 radical (unpaired) electrons. The number of hydrogen-bond acceptors (Lipinski definition) is 3. The molecule has 92 valence electrons. The summed E-state index contributed by atoms with van der Waals surface area (Å²) in [5.74, 6) is -0.521. The number of rotatable bonds is 3. The van der Waals surface area contributed by atoms with Crippen LogP contribution in [0, 0.1) is 0 Å². The van der Waals surface area contributed by atoms with Crippen LogP contribution in [0.2, 0.25) is 0 Å². The fourth-order valence-corrected chi connectivity index (χ4v) is 1.28. The molecule has 0 bridgehead atoms. The molecule has 0 aliphatic rings. The van der Waals surface area contributed by atoms with Crippen molar-refractivity contribution in [1.29, 1.82) is 0 Å². The topological polar surface area (TPSA) is 61.7 Å². The number of nitrogens with one attached hydrogen (secondary N) is 1. The van der Waals surface area contributed by atoms with Crippen molar-refractivity contribution in [2.24, 2.45) is 5.10 Å². The molecule has 4 nitrogen and oxygen atoms in total. The van der Waals surface area contributed by atoms with Gasteiger partial charge in [-0.25, -0.2) is 5.43 Å². The van der Waals surface area contributed by atoms with E-state index in [1.54, 1.807) is 6.21 Å². The predicted molar refractivity (Wildman–Crippen MR) is 68.0 cm³/mol. The summed E-state index contributed by atoms with van der Waals surface area (Å²) in [6, 6.07) is 7.95. The minimum absolute atomic E-state index is 0.126. The Kier molecular flexibility index (Phi) is 4.40. The molecule has 0 fully saturated rings. The van der Waals surface area contributed by atoms with Gasteiger partial charge in [-0.2, -0.15) is 5.10 Å². The van der Waals surface area contributed by atoms with E-state index < -0.39 is 12.5 Å². The highest BCUT2D eigenvalue weighted by molar-refractivity contribution is 5.82. The Morgan fingerprint density at radius 2 is 1.94 bits per heavy atom. The lowest BCUT2D eigenvalue weighted by Gasteiger charge is -2.18. The van der Waals surface area contributed by atoms with E-state index in [0.29, 0.717) is 0 Å². The maximum absolute atomic E-state index is 10.7. The van der Waals surface area contributed by atoms with Crippen LogP contribution in [0.15, 0.2) is 29.4 Å². The SMILES string of the molecule is CC(C)(C)c1ccc(/C=N\NC(=O)CO)cc1. The Morgan fingerprint density at radius 3 is 2.41 bits per heavy atom. The smallest absolute Gasteiger partial charge is 0.265 e. The molecule has 1 rings (SSSR count). The van der Waals surface area contributed by atoms with Gasteiger partial charge in [-0.05, 0) is 16.5 Å². The third-order valence-corrected chi connectivity index (χ3v) is 2.32. The van der Waals surface area contributed by atoms with E-state index in [-0.39, 0.29) is 5.41 Å². The molecule has 1 aromatic carbocycles. The average Bonchev–Trinajstić information content (AvgIpc) is 2.28. The Morgan fingerprint density at radius 1 is 1.35 bits per heavy atom. The standard InChI is InChI=1S/C13H18N2O2/c1-13(2,3)11-6-4-10(5-7-11)8-14-15-12(17)9-16/h4-8,16H,9H2,1-3H3,(H,15,17)/b14-8-. The maximum Gasteiger partial charge on any atom is 0.265 e. The monoisotopic (exact) mass is 234 g/mol. The molecule has 0 saturated carbocycles. The lowest BCUT2D eigenvalue weighted by molar-refractivity contribution is -0.123. The molecule has 1 amide bonds.